The van der Waals surface area contributed by atoms with E-state index in [4.69, 9.17) is 8.95 Å². The first-order valence-electron chi connectivity index (χ1n) is 6.03. The zero-order valence-corrected chi connectivity index (χ0v) is 14.1. The molecule has 0 atom stereocenters. The van der Waals surface area contributed by atoms with Crippen LogP contribution in [0.5, 0.6) is 0 Å². The maximum Gasteiger partial charge on any atom is 0.342 e. The van der Waals surface area contributed by atoms with Gasteiger partial charge in [-0.05, 0) is 39.3 Å². The molecule has 0 rings (SSSR count). The Balaban J connectivity index is 4.68. The molecule has 0 fully saturated rings. The smallest absolute Gasteiger partial charge is 0.342 e. The molecule has 0 heterocycles. The Morgan fingerprint density at radius 2 is 1.59 bits per heavy atom. The SMILES string of the molecule is CCC/C(=N/O[Si](C)(C)C)C(=O)O[Si](C)(C)C. The predicted molar refractivity (Wildman–Crippen MR) is 76.2 cm³/mol. The molecule has 100 valence electrons. The van der Waals surface area contributed by atoms with Gasteiger partial charge in [0.2, 0.25) is 8.32 Å². The van der Waals surface area contributed by atoms with Gasteiger partial charge in [0, 0.05) is 6.42 Å². The van der Waals surface area contributed by atoms with Gasteiger partial charge in [-0.3, -0.25) is 0 Å². The lowest BCUT2D eigenvalue weighted by atomic mass is 10.2. The Kier molecular flexibility index (Phi) is 6.11. The summed E-state index contributed by atoms with van der Waals surface area (Å²) in [6, 6.07) is 0. The van der Waals surface area contributed by atoms with Crippen molar-refractivity contribution in [2.24, 2.45) is 5.16 Å². The first-order valence-corrected chi connectivity index (χ1v) is 12.8. The Morgan fingerprint density at radius 1 is 1.06 bits per heavy atom. The van der Waals surface area contributed by atoms with Gasteiger partial charge >= 0.3 is 5.97 Å². The average molecular weight is 275 g/mol. The summed E-state index contributed by atoms with van der Waals surface area (Å²) in [6.07, 6.45) is 1.46. The molecule has 0 radical (unpaired) electrons. The molecule has 0 aromatic carbocycles. The molecule has 0 aliphatic rings. The Hall–Kier alpha value is -0.626. The van der Waals surface area contributed by atoms with Crippen LogP contribution in [0.2, 0.25) is 39.3 Å². The molecule has 0 spiro atoms. The Bertz CT molecular complexity index is 290. The third-order valence-electron chi connectivity index (χ3n) is 1.55. The minimum Gasteiger partial charge on any atom is -0.515 e. The molecular formula is C11H25NO3Si2. The van der Waals surface area contributed by atoms with Gasteiger partial charge in [-0.1, -0.05) is 18.5 Å². The largest absolute Gasteiger partial charge is 0.515 e. The van der Waals surface area contributed by atoms with Gasteiger partial charge in [0.15, 0.2) is 5.71 Å². The molecule has 0 saturated carbocycles. The van der Waals surface area contributed by atoms with Crippen LogP contribution in [-0.4, -0.2) is 28.3 Å². The van der Waals surface area contributed by atoms with Crippen LogP contribution in [0.25, 0.3) is 0 Å². The molecule has 0 aromatic rings. The van der Waals surface area contributed by atoms with Crippen LogP contribution in [0.15, 0.2) is 5.16 Å². The van der Waals surface area contributed by atoms with E-state index < -0.39 is 16.6 Å². The predicted octanol–water partition coefficient (Wildman–Crippen LogP) is 3.37. The van der Waals surface area contributed by atoms with Gasteiger partial charge in [0.1, 0.15) is 0 Å². The number of carbonyl (C=O) groups is 1. The second kappa shape index (κ2) is 6.35. The van der Waals surface area contributed by atoms with Crippen LogP contribution in [0, 0.1) is 0 Å². The number of oxime groups is 1. The van der Waals surface area contributed by atoms with Crippen molar-refractivity contribution in [3.05, 3.63) is 0 Å². The molecule has 17 heavy (non-hydrogen) atoms. The van der Waals surface area contributed by atoms with Crippen LogP contribution in [0.3, 0.4) is 0 Å². The van der Waals surface area contributed by atoms with Crippen molar-refractivity contribution in [1.29, 1.82) is 0 Å². The third kappa shape index (κ3) is 9.11. The zero-order chi connectivity index (χ0) is 13.7. The second-order valence-corrected chi connectivity index (χ2v) is 14.8. The zero-order valence-electron chi connectivity index (χ0n) is 12.1. The van der Waals surface area contributed by atoms with E-state index in [1.54, 1.807) is 0 Å². The molecule has 0 saturated heterocycles. The molecule has 0 amide bonds. The minimum atomic E-state index is -1.86. The fourth-order valence-corrected chi connectivity index (χ4v) is 2.01. The highest BCUT2D eigenvalue weighted by molar-refractivity contribution is 6.72. The lowest BCUT2D eigenvalue weighted by molar-refractivity contribution is -0.127. The van der Waals surface area contributed by atoms with Crippen molar-refractivity contribution in [1.82, 2.24) is 0 Å². The highest BCUT2D eigenvalue weighted by Gasteiger charge is 2.24. The normalized spacial score (nSPS) is 13.5. The summed E-state index contributed by atoms with van der Waals surface area (Å²) >= 11 is 0. The Morgan fingerprint density at radius 3 is 1.94 bits per heavy atom. The minimum absolute atomic E-state index is 0.315. The van der Waals surface area contributed by atoms with E-state index >= 15 is 0 Å². The molecule has 0 aliphatic heterocycles. The number of rotatable bonds is 6. The van der Waals surface area contributed by atoms with Crippen LogP contribution in [0.1, 0.15) is 19.8 Å². The van der Waals surface area contributed by atoms with Crippen LogP contribution >= 0.6 is 0 Å². The highest BCUT2D eigenvalue weighted by atomic mass is 28.4. The molecule has 0 unspecified atom stereocenters. The second-order valence-electron chi connectivity index (χ2n) is 5.99. The summed E-state index contributed by atoms with van der Waals surface area (Å²) in [7, 11) is -3.60. The maximum atomic E-state index is 11.9. The fraction of sp³-hybridized carbons (Fsp3) is 0.818. The number of hydrogen-bond acceptors (Lipinski definition) is 4. The van der Waals surface area contributed by atoms with E-state index in [1.807, 2.05) is 46.2 Å². The highest BCUT2D eigenvalue weighted by Crippen LogP contribution is 2.08. The lowest BCUT2D eigenvalue weighted by Gasteiger charge is -2.19. The molecule has 0 aliphatic carbocycles. The van der Waals surface area contributed by atoms with Gasteiger partial charge in [-0.15, -0.1) is 0 Å². The van der Waals surface area contributed by atoms with Crippen molar-refractivity contribution in [2.45, 2.75) is 59.0 Å². The summed E-state index contributed by atoms with van der Waals surface area (Å²) < 4.78 is 10.8. The molecule has 0 N–H and O–H groups in total. The molecule has 4 nitrogen and oxygen atoms in total. The lowest BCUT2D eigenvalue weighted by Crippen LogP contribution is -2.34. The topological polar surface area (TPSA) is 47.9 Å². The molecule has 6 heteroatoms. The molecule has 0 bridgehead atoms. The van der Waals surface area contributed by atoms with Gasteiger partial charge < -0.3 is 8.95 Å². The number of hydrogen-bond donors (Lipinski definition) is 0. The van der Waals surface area contributed by atoms with E-state index in [0.29, 0.717) is 12.1 Å². The van der Waals surface area contributed by atoms with Crippen molar-refractivity contribution < 1.29 is 13.7 Å². The first-order chi connectivity index (χ1) is 7.55. The van der Waals surface area contributed by atoms with Crippen LogP contribution in [0.4, 0.5) is 0 Å². The van der Waals surface area contributed by atoms with Crippen LogP contribution < -0.4 is 0 Å². The molecule has 0 aromatic heterocycles. The van der Waals surface area contributed by atoms with E-state index in [2.05, 4.69) is 5.16 Å². The molecular weight excluding hydrogens is 250 g/mol. The average Bonchev–Trinajstić information content (AvgIpc) is 2.07. The fourth-order valence-electron chi connectivity index (χ4n) is 0.951. The van der Waals surface area contributed by atoms with E-state index in [0.717, 1.165) is 6.42 Å². The summed E-state index contributed by atoms with van der Waals surface area (Å²) in [5, 5.41) is 3.99. The van der Waals surface area contributed by atoms with Gasteiger partial charge in [-0.2, -0.15) is 0 Å². The van der Waals surface area contributed by atoms with E-state index in [9.17, 15) is 4.79 Å². The number of carbonyl (C=O) groups excluding carboxylic acids is 1. The van der Waals surface area contributed by atoms with Crippen molar-refractivity contribution in [2.75, 3.05) is 0 Å². The number of nitrogens with zero attached hydrogens (tertiary/aromatic N) is 1. The summed E-state index contributed by atoms with van der Waals surface area (Å²) in [6.45, 7) is 14.0. The maximum absolute atomic E-state index is 11.9. The summed E-state index contributed by atoms with van der Waals surface area (Å²) in [5.41, 5.74) is 0.414. The van der Waals surface area contributed by atoms with Crippen molar-refractivity contribution in [3.8, 4) is 0 Å². The first kappa shape index (κ1) is 16.4. The van der Waals surface area contributed by atoms with Crippen LogP contribution in [-0.2, 0) is 13.7 Å². The monoisotopic (exact) mass is 275 g/mol. The van der Waals surface area contributed by atoms with E-state index in [1.165, 1.54) is 0 Å². The summed E-state index contributed by atoms with van der Waals surface area (Å²) in [5.74, 6) is -0.315. The Labute approximate surface area is 107 Å². The third-order valence-corrected chi connectivity index (χ3v) is 2.99. The quantitative estimate of drug-likeness (QED) is 0.424. The van der Waals surface area contributed by atoms with Crippen molar-refractivity contribution in [3.63, 3.8) is 0 Å². The summed E-state index contributed by atoms with van der Waals surface area (Å²) in [4.78, 5) is 11.9. The van der Waals surface area contributed by atoms with Gasteiger partial charge in [0.25, 0.3) is 8.32 Å². The van der Waals surface area contributed by atoms with E-state index in [-0.39, 0.29) is 5.97 Å². The standard InChI is InChI=1S/C11H25NO3Si2/c1-8-9-10(12-15-17(5,6)7)11(13)14-16(2,3)4/h8-9H2,1-7H3/b12-10-. The van der Waals surface area contributed by atoms with Gasteiger partial charge in [0.05, 0.1) is 0 Å². The van der Waals surface area contributed by atoms with Gasteiger partial charge in [-0.25, -0.2) is 4.79 Å². The van der Waals surface area contributed by atoms with Crippen molar-refractivity contribution >= 4 is 28.3 Å².